The van der Waals surface area contributed by atoms with Crippen LogP contribution in [0, 0.1) is 0 Å². The maximum Gasteiger partial charge on any atom is 0.270 e. The second kappa shape index (κ2) is 3.35. The molecule has 0 saturated carbocycles. The Morgan fingerprint density at radius 3 is 2.94 bits per heavy atom. The van der Waals surface area contributed by atoms with Crippen molar-refractivity contribution in [2.75, 3.05) is 13.6 Å². The van der Waals surface area contributed by atoms with Gasteiger partial charge in [0.2, 0.25) is 0 Å². The number of benzene rings is 1. The zero-order valence-corrected chi connectivity index (χ0v) is 10.5. The Hall–Kier alpha value is -1.29. The smallest absolute Gasteiger partial charge is 0.270 e. The van der Waals surface area contributed by atoms with Gasteiger partial charge in [0.05, 0.1) is 5.52 Å². The molecule has 82 valence electrons. The van der Waals surface area contributed by atoms with Crippen LogP contribution in [0.1, 0.15) is 10.5 Å². The van der Waals surface area contributed by atoms with Gasteiger partial charge in [0.25, 0.3) is 5.91 Å². The van der Waals surface area contributed by atoms with Crippen LogP contribution in [0.4, 0.5) is 0 Å². The Morgan fingerprint density at radius 2 is 2.12 bits per heavy atom. The highest BCUT2D eigenvalue weighted by molar-refractivity contribution is 9.10. The maximum atomic E-state index is 12.0. The van der Waals surface area contributed by atoms with Crippen LogP contribution in [0.25, 0.3) is 10.9 Å². The van der Waals surface area contributed by atoms with Crippen LogP contribution in [-0.4, -0.2) is 29.0 Å². The van der Waals surface area contributed by atoms with Crippen molar-refractivity contribution in [1.82, 2.24) is 9.47 Å². The summed E-state index contributed by atoms with van der Waals surface area (Å²) in [6.45, 7) is 1.64. The molecular weight excluding hydrogens is 268 g/mol. The van der Waals surface area contributed by atoms with E-state index in [2.05, 4.69) is 20.5 Å². The standard InChI is InChI=1S/C12H11BrN2O/c1-14-5-6-15-10(12(14)16)7-8-3-2-4-9(13)11(8)15/h2-4,7H,5-6H2,1H3. The van der Waals surface area contributed by atoms with Gasteiger partial charge < -0.3 is 9.47 Å². The molecule has 0 atom stereocenters. The molecule has 0 unspecified atom stereocenters. The van der Waals surface area contributed by atoms with Gasteiger partial charge in [-0.2, -0.15) is 0 Å². The van der Waals surface area contributed by atoms with Gasteiger partial charge in [-0.3, -0.25) is 4.79 Å². The fraction of sp³-hybridized carbons (Fsp3) is 0.250. The Bertz CT molecular complexity index is 588. The summed E-state index contributed by atoms with van der Waals surface area (Å²) in [5, 5.41) is 1.12. The van der Waals surface area contributed by atoms with Crippen molar-refractivity contribution < 1.29 is 4.79 Å². The largest absolute Gasteiger partial charge is 0.339 e. The topological polar surface area (TPSA) is 25.2 Å². The first-order valence-corrected chi connectivity index (χ1v) is 6.01. The second-order valence-electron chi connectivity index (χ2n) is 4.09. The third kappa shape index (κ3) is 1.23. The van der Waals surface area contributed by atoms with Gasteiger partial charge in [0.1, 0.15) is 5.69 Å². The van der Waals surface area contributed by atoms with E-state index in [0.29, 0.717) is 0 Å². The summed E-state index contributed by atoms with van der Waals surface area (Å²) in [5.41, 5.74) is 1.91. The predicted molar refractivity (Wildman–Crippen MR) is 66.6 cm³/mol. The SMILES string of the molecule is CN1CCn2c(cc3cccc(Br)c32)C1=O. The lowest BCUT2D eigenvalue weighted by Crippen LogP contribution is -2.36. The third-order valence-electron chi connectivity index (χ3n) is 3.10. The van der Waals surface area contributed by atoms with E-state index < -0.39 is 0 Å². The third-order valence-corrected chi connectivity index (χ3v) is 3.74. The number of para-hydroxylation sites is 1. The molecule has 2 heterocycles. The molecule has 0 saturated heterocycles. The van der Waals surface area contributed by atoms with Crippen molar-refractivity contribution >= 4 is 32.7 Å². The van der Waals surface area contributed by atoms with Crippen molar-refractivity contribution in [1.29, 1.82) is 0 Å². The molecule has 1 amide bonds. The van der Waals surface area contributed by atoms with Crippen LogP contribution >= 0.6 is 15.9 Å². The van der Waals surface area contributed by atoms with Crippen LogP contribution in [0.2, 0.25) is 0 Å². The summed E-state index contributed by atoms with van der Waals surface area (Å²) in [6, 6.07) is 8.02. The number of carbonyl (C=O) groups is 1. The fourth-order valence-electron chi connectivity index (χ4n) is 2.24. The summed E-state index contributed by atoms with van der Waals surface area (Å²) in [4.78, 5) is 13.8. The number of hydrogen-bond donors (Lipinski definition) is 0. The van der Waals surface area contributed by atoms with Crippen molar-refractivity contribution in [2.45, 2.75) is 6.54 Å². The van der Waals surface area contributed by atoms with E-state index in [1.165, 1.54) is 0 Å². The Morgan fingerprint density at radius 1 is 1.31 bits per heavy atom. The molecule has 1 aliphatic heterocycles. The highest BCUT2D eigenvalue weighted by Gasteiger charge is 2.24. The van der Waals surface area contributed by atoms with E-state index in [1.54, 1.807) is 4.90 Å². The van der Waals surface area contributed by atoms with E-state index in [9.17, 15) is 4.79 Å². The van der Waals surface area contributed by atoms with Crippen molar-refractivity contribution in [3.63, 3.8) is 0 Å². The summed E-state index contributed by atoms with van der Waals surface area (Å²) in [6.07, 6.45) is 0. The summed E-state index contributed by atoms with van der Waals surface area (Å²) < 4.78 is 3.15. The molecular formula is C12H11BrN2O. The van der Waals surface area contributed by atoms with Gasteiger partial charge in [-0.1, -0.05) is 12.1 Å². The highest BCUT2D eigenvalue weighted by atomic mass is 79.9. The molecule has 4 heteroatoms. The van der Waals surface area contributed by atoms with Gasteiger partial charge in [-0.05, 0) is 28.1 Å². The predicted octanol–water partition coefficient (Wildman–Crippen LogP) is 2.49. The summed E-state index contributed by atoms with van der Waals surface area (Å²) in [5.74, 6) is 0.106. The van der Waals surface area contributed by atoms with E-state index in [-0.39, 0.29) is 5.91 Å². The molecule has 2 aromatic rings. The molecule has 0 bridgehead atoms. The first-order valence-electron chi connectivity index (χ1n) is 5.21. The van der Waals surface area contributed by atoms with Gasteiger partial charge in [-0.25, -0.2) is 0 Å². The monoisotopic (exact) mass is 278 g/mol. The zero-order chi connectivity index (χ0) is 11.3. The number of carbonyl (C=O) groups excluding carboxylic acids is 1. The zero-order valence-electron chi connectivity index (χ0n) is 8.90. The lowest BCUT2D eigenvalue weighted by molar-refractivity contribution is 0.0751. The quantitative estimate of drug-likeness (QED) is 0.727. The minimum absolute atomic E-state index is 0.106. The molecule has 1 aromatic heterocycles. The Kier molecular flexibility index (Phi) is 2.07. The van der Waals surface area contributed by atoms with E-state index in [4.69, 9.17) is 0 Å². The molecule has 16 heavy (non-hydrogen) atoms. The summed E-state index contributed by atoms with van der Waals surface area (Å²) >= 11 is 3.54. The lowest BCUT2D eigenvalue weighted by Gasteiger charge is -2.25. The second-order valence-corrected chi connectivity index (χ2v) is 4.94. The molecule has 3 nitrogen and oxygen atoms in total. The number of nitrogens with zero attached hydrogens (tertiary/aromatic N) is 2. The number of halogens is 1. The Balaban J connectivity index is 2.35. The van der Waals surface area contributed by atoms with Crippen LogP contribution < -0.4 is 0 Å². The molecule has 0 aliphatic carbocycles. The van der Waals surface area contributed by atoms with Crippen LogP contribution in [0.5, 0.6) is 0 Å². The first-order chi connectivity index (χ1) is 7.68. The number of fused-ring (bicyclic) bond motifs is 3. The minimum atomic E-state index is 0.106. The lowest BCUT2D eigenvalue weighted by atomic mass is 10.2. The van der Waals surface area contributed by atoms with Gasteiger partial charge in [0.15, 0.2) is 0 Å². The van der Waals surface area contributed by atoms with Crippen LogP contribution in [0.15, 0.2) is 28.7 Å². The van der Waals surface area contributed by atoms with Gasteiger partial charge in [0, 0.05) is 30.0 Å². The average Bonchev–Trinajstić information content (AvgIpc) is 2.64. The fourth-order valence-corrected chi connectivity index (χ4v) is 2.83. The molecule has 1 aliphatic rings. The Labute approximate surface area is 102 Å². The number of amides is 1. The van der Waals surface area contributed by atoms with Gasteiger partial charge >= 0.3 is 0 Å². The van der Waals surface area contributed by atoms with Gasteiger partial charge in [-0.15, -0.1) is 0 Å². The van der Waals surface area contributed by atoms with E-state index >= 15 is 0 Å². The maximum absolute atomic E-state index is 12.0. The molecule has 3 rings (SSSR count). The number of aromatic nitrogens is 1. The normalized spacial score (nSPS) is 15.6. The van der Waals surface area contributed by atoms with Crippen molar-refractivity contribution in [3.8, 4) is 0 Å². The first kappa shape index (κ1) is 9.90. The molecule has 0 radical (unpaired) electrons. The molecule has 0 fully saturated rings. The molecule has 0 spiro atoms. The van der Waals surface area contributed by atoms with Crippen LogP contribution in [-0.2, 0) is 6.54 Å². The minimum Gasteiger partial charge on any atom is -0.339 e. The number of likely N-dealkylation sites (N-methyl/N-ethyl adjacent to an activating group) is 1. The molecule has 1 aromatic carbocycles. The van der Waals surface area contributed by atoms with E-state index in [0.717, 1.165) is 34.2 Å². The number of rotatable bonds is 0. The van der Waals surface area contributed by atoms with Crippen LogP contribution in [0.3, 0.4) is 0 Å². The number of hydrogen-bond acceptors (Lipinski definition) is 1. The molecule has 0 N–H and O–H groups in total. The van der Waals surface area contributed by atoms with E-state index in [1.807, 2.05) is 31.3 Å². The van der Waals surface area contributed by atoms with Crippen molar-refractivity contribution in [2.24, 2.45) is 0 Å². The van der Waals surface area contributed by atoms with Crippen molar-refractivity contribution in [3.05, 3.63) is 34.4 Å². The average molecular weight is 279 g/mol. The highest BCUT2D eigenvalue weighted by Crippen LogP contribution is 2.29. The summed E-state index contributed by atoms with van der Waals surface area (Å²) in [7, 11) is 1.85.